The van der Waals surface area contributed by atoms with Crippen molar-refractivity contribution in [2.45, 2.75) is 64.1 Å². The molecular formula is C39H34F2N8O8. The topological polar surface area (TPSA) is 211 Å². The number of carbonyl (C=O) groups is 5. The van der Waals surface area contributed by atoms with E-state index in [-0.39, 0.29) is 22.9 Å². The highest BCUT2D eigenvalue weighted by atomic mass is 19.1. The summed E-state index contributed by atoms with van der Waals surface area (Å²) in [5.74, 6) is -3.50. The van der Waals surface area contributed by atoms with E-state index in [0.717, 1.165) is 43.9 Å². The molecule has 0 aliphatic heterocycles. The minimum atomic E-state index is -1.42. The molecule has 0 unspecified atom stereocenters. The Morgan fingerprint density at radius 1 is 0.789 bits per heavy atom. The predicted octanol–water partition coefficient (Wildman–Crippen LogP) is 6.57. The van der Waals surface area contributed by atoms with Crippen molar-refractivity contribution in [3.8, 4) is 22.5 Å². The number of halogens is 2. The largest absolute Gasteiger partial charge is 0.478 e. The van der Waals surface area contributed by atoms with Crippen LogP contribution in [-0.4, -0.2) is 87.7 Å². The number of nitrogens with one attached hydrogen (secondary N) is 1. The first-order valence-electron chi connectivity index (χ1n) is 17.7. The van der Waals surface area contributed by atoms with Crippen molar-refractivity contribution in [1.29, 1.82) is 0 Å². The number of hydrogen-bond acceptors (Lipinski definition) is 11. The van der Waals surface area contributed by atoms with Crippen molar-refractivity contribution >= 4 is 53.5 Å². The molecule has 2 aliphatic rings. The van der Waals surface area contributed by atoms with Crippen LogP contribution in [0.4, 0.5) is 25.2 Å². The first-order chi connectivity index (χ1) is 27.1. The van der Waals surface area contributed by atoms with E-state index < -0.39 is 46.4 Å². The number of carboxylic acids is 2. The van der Waals surface area contributed by atoms with Crippen molar-refractivity contribution in [2.24, 2.45) is 0 Å². The van der Waals surface area contributed by atoms with Gasteiger partial charge in [0.2, 0.25) is 0 Å². The standard InChI is InChI=1S/C22H21FN4O5.C17H13FN4O3/c1-22(2,3)32-21(31)26(14-5-6-14)18-9-17(25-19-13(11-28)10-24-27(18)19)12-4-7-16(23)15(8-12)20(29)30;18-13-4-1-9(5-12(13)17(24)25)14-6-15(20-11-2-3-11)22-16(21-14)10(8-23)7-19-22/h4,7-11,14H,5-6H2,1-3H3,(H,29,30);1,4-8,11,20H,2-3H2,(H,24,25). The fourth-order valence-electron chi connectivity index (χ4n) is 5.89. The highest BCUT2D eigenvalue weighted by Crippen LogP contribution is 2.36. The maximum atomic E-state index is 13.9. The van der Waals surface area contributed by atoms with Crippen molar-refractivity contribution in [1.82, 2.24) is 29.2 Å². The summed E-state index contributed by atoms with van der Waals surface area (Å²) >= 11 is 0. The molecule has 2 aromatic carbocycles. The number of fused-ring (bicyclic) bond motifs is 2. The minimum Gasteiger partial charge on any atom is -0.478 e. The molecule has 292 valence electrons. The minimum absolute atomic E-state index is 0.116. The van der Waals surface area contributed by atoms with Crippen LogP contribution in [0.3, 0.4) is 0 Å². The molecule has 6 aromatic rings. The van der Waals surface area contributed by atoms with E-state index in [2.05, 4.69) is 25.5 Å². The normalized spacial score (nSPS) is 13.8. The van der Waals surface area contributed by atoms with Gasteiger partial charge in [-0.25, -0.2) is 33.1 Å². The molecule has 0 atom stereocenters. The van der Waals surface area contributed by atoms with Crippen LogP contribution in [0.25, 0.3) is 33.8 Å². The van der Waals surface area contributed by atoms with Crippen LogP contribution in [0.1, 0.15) is 87.9 Å². The number of anilines is 2. The van der Waals surface area contributed by atoms with Gasteiger partial charge in [-0.1, -0.05) is 0 Å². The van der Waals surface area contributed by atoms with Gasteiger partial charge in [0, 0.05) is 35.3 Å². The van der Waals surface area contributed by atoms with Gasteiger partial charge in [-0.2, -0.15) is 19.2 Å². The molecule has 0 saturated heterocycles. The number of ether oxygens (including phenoxy) is 1. The molecule has 4 aromatic heterocycles. The average molecular weight is 781 g/mol. The molecule has 57 heavy (non-hydrogen) atoms. The Balaban J connectivity index is 0.000000179. The zero-order chi connectivity index (χ0) is 40.8. The van der Waals surface area contributed by atoms with Gasteiger partial charge in [-0.3, -0.25) is 14.5 Å². The molecule has 18 heteroatoms. The molecule has 2 fully saturated rings. The first-order valence-corrected chi connectivity index (χ1v) is 17.7. The van der Waals surface area contributed by atoms with Crippen molar-refractivity contribution < 1.29 is 47.7 Å². The second-order valence-electron chi connectivity index (χ2n) is 14.4. The molecule has 4 heterocycles. The number of amides is 1. The Bertz CT molecular complexity index is 2610. The van der Waals surface area contributed by atoms with E-state index in [1.165, 1.54) is 44.5 Å². The molecule has 3 N–H and O–H groups in total. The van der Waals surface area contributed by atoms with Gasteiger partial charge >= 0.3 is 18.0 Å². The van der Waals surface area contributed by atoms with Crippen LogP contribution in [0.2, 0.25) is 0 Å². The van der Waals surface area contributed by atoms with Crippen LogP contribution in [-0.2, 0) is 4.74 Å². The smallest absolute Gasteiger partial charge is 0.416 e. The number of nitrogens with zero attached hydrogens (tertiary/aromatic N) is 7. The Kier molecular flexibility index (Phi) is 9.95. The molecule has 1 amide bonds. The molecule has 0 bridgehead atoms. The Morgan fingerprint density at radius 3 is 1.77 bits per heavy atom. The maximum absolute atomic E-state index is 13.9. The third-order valence-corrected chi connectivity index (χ3v) is 8.90. The number of aromatic carboxylic acids is 2. The number of carboxylic acid groups (broad SMARTS) is 2. The lowest BCUT2D eigenvalue weighted by atomic mass is 10.1. The highest BCUT2D eigenvalue weighted by Gasteiger charge is 2.38. The molecule has 0 radical (unpaired) electrons. The van der Waals surface area contributed by atoms with Gasteiger partial charge in [-0.05, 0) is 82.9 Å². The summed E-state index contributed by atoms with van der Waals surface area (Å²) in [7, 11) is 0. The van der Waals surface area contributed by atoms with Gasteiger partial charge < -0.3 is 20.3 Å². The third-order valence-electron chi connectivity index (χ3n) is 8.90. The molecule has 8 rings (SSSR count). The summed E-state index contributed by atoms with van der Waals surface area (Å²) < 4.78 is 36.0. The molecule has 2 aliphatic carbocycles. The molecular weight excluding hydrogens is 746 g/mol. The third kappa shape index (κ3) is 8.00. The van der Waals surface area contributed by atoms with Crippen molar-refractivity contribution in [3.63, 3.8) is 0 Å². The fraction of sp³-hybridized carbons (Fsp3) is 0.256. The number of aldehydes is 2. The quantitative estimate of drug-likeness (QED) is 0.126. The second-order valence-corrected chi connectivity index (χ2v) is 14.4. The maximum Gasteiger partial charge on any atom is 0.416 e. The average Bonchev–Trinajstić information content (AvgIpc) is 4.09. The van der Waals surface area contributed by atoms with Crippen LogP contribution >= 0.6 is 0 Å². The van der Waals surface area contributed by atoms with Crippen LogP contribution in [0.5, 0.6) is 0 Å². The van der Waals surface area contributed by atoms with Crippen molar-refractivity contribution in [2.75, 3.05) is 10.2 Å². The summed E-state index contributed by atoms with van der Waals surface area (Å²) in [5.41, 5.74) is 0.818. The monoisotopic (exact) mass is 780 g/mol. The Hall–Kier alpha value is -7.11. The van der Waals surface area contributed by atoms with Gasteiger partial charge in [0.25, 0.3) is 0 Å². The number of hydrogen-bond donors (Lipinski definition) is 3. The zero-order valence-corrected chi connectivity index (χ0v) is 30.6. The van der Waals surface area contributed by atoms with Crippen molar-refractivity contribution in [3.05, 3.63) is 94.8 Å². The van der Waals surface area contributed by atoms with Gasteiger partial charge in [0.1, 0.15) is 28.9 Å². The second kappa shape index (κ2) is 14.9. The van der Waals surface area contributed by atoms with Crippen LogP contribution in [0.15, 0.2) is 60.9 Å². The van der Waals surface area contributed by atoms with Gasteiger partial charge in [0.05, 0.1) is 46.0 Å². The lowest BCUT2D eigenvalue weighted by molar-refractivity contribution is 0.0573. The number of rotatable bonds is 10. The lowest BCUT2D eigenvalue weighted by Crippen LogP contribution is -2.39. The number of carbonyl (C=O) groups excluding carboxylic acids is 3. The van der Waals surface area contributed by atoms with Gasteiger partial charge in [0.15, 0.2) is 23.9 Å². The van der Waals surface area contributed by atoms with E-state index >= 15 is 0 Å². The molecule has 16 nitrogen and oxygen atoms in total. The summed E-state index contributed by atoms with van der Waals surface area (Å²) in [4.78, 5) is 68.7. The molecule has 0 spiro atoms. The van der Waals surface area contributed by atoms with E-state index in [1.807, 2.05) is 0 Å². The molecule has 2 saturated carbocycles. The van der Waals surface area contributed by atoms with E-state index in [9.17, 15) is 37.9 Å². The Labute approximate surface area is 321 Å². The summed E-state index contributed by atoms with van der Waals surface area (Å²) in [6, 6.07) is 10.8. The fourth-order valence-corrected chi connectivity index (χ4v) is 5.89. The first kappa shape index (κ1) is 38.2. The number of aromatic nitrogens is 6. The van der Waals surface area contributed by atoms with E-state index in [0.29, 0.717) is 58.3 Å². The van der Waals surface area contributed by atoms with E-state index in [4.69, 9.17) is 9.84 Å². The highest BCUT2D eigenvalue weighted by molar-refractivity contribution is 5.93. The summed E-state index contributed by atoms with van der Waals surface area (Å²) in [6.45, 7) is 5.27. The zero-order valence-electron chi connectivity index (χ0n) is 30.6. The Morgan fingerprint density at radius 2 is 1.30 bits per heavy atom. The summed E-state index contributed by atoms with van der Waals surface area (Å²) in [5, 5.41) is 30.1. The van der Waals surface area contributed by atoms with Crippen LogP contribution in [0, 0.1) is 11.6 Å². The van der Waals surface area contributed by atoms with Gasteiger partial charge in [-0.15, -0.1) is 0 Å². The predicted molar refractivity (Wildman–Crippen MR) is 200 cm³/mol. The van der Waals surface area contributed by atoms with E-state index in [1.54, 1.807) is 32.9 Å². The number of benzene rings is 2. The van der Waals surface area contributed by atoms with Crippen LogP contribution < -0.4 is 10.2 Å². The summed E-state index contributed by atoms with van der Waals surface area (Å²) in [6.07, 6.45) is 7.03. The lowest BCUT2D eigenvalue weighted by Gasteiger charge is -2.27. The SMILES string of the molecule is CC(C)(C)OC(=O)N(c1cc(-c2ccc(F)c(C(=O)O)c2)nc2c(C=O)cnn12)C1CC1.O=Cc1cnn2c(NC3CC3)cc(-c3ccc(F)c(C(=O)O)c3)nc12.